The van der Waals surface area contributed by atoms with Gasteiger partial charge in [-0.3, -0.25) is 9.89 Å². The molecule has 0 aromatic heterocycles. The zero-order valence-corrected chi connectivity index (χ0v) is 18.3. The second kappa shape index (κ2) is 9.44. The van der Waals surface area contributed by atoms with E-state index in [-0.39, 0.29) is 6.61 Å². The normalized spacial score (nSPS) is 31.3. The Balaban J connectivity index is 2.12. The lowest BCUT2D eigenvalue weighted by Crippen LogP contribution is -2.55. The van der Waals surface area contributed by atoms with Crippen molar-refractivity contribution in [1.82, 2.24) is 4.90 Å². The zero-order valence-electron chi connectivity index (χ0n) is 15.1. The third kappa shape index (κ3) is 5.49. The minimum Gasteiger partial charge on any atom is -0.443 e. The van der Waals surface area contributed by atoms with E-state index >= 15 is 0 Å². The van der Waals surface area contributed by atoms with Crippen LogP contribution in [0.5, 0.6) is 0 Å². The number of thioether (sulfide) groups is 1. The Bertz CT molecular complexity index is 533. The predicted octanol–water partition coefficient (Wildman–Crippen LogP) is 2.53. The molecule has 0 aromatic rings. The topological polar surface area (TPSA) is 101 Å². The van der Waals surface area contributed by atoms with E-state index in [0.717, 1.165) is 16.9 Å². The molecule has 11 heteroatoms. The molecule has 150 valence electrons. The lowest BCUT2D eigenvalue weighted by molar-refractivity contribution is -0.160. The summed E-state index contributed by atoms with van der Waals surface area (Å²) in [6, 6.07) is -0.653. The highest BCUT2D eigenvalue weighted by molar-refractivity contribution is 9.49. The molecule has 0 aliphatic carbocycles. The van der Waals surface area contributed by atoms with Gasteiger partial charge < -0.3 is 23.9 Å². The van der Waals surface area contributed by atoms with E-state index in [1.807, 2.05) is 6.92 Å². The number of aliphatic hydroxyl groups is 2. The van der Waals surface area contributed by atoms with Crippen LogP contribution in [0.2, 0.25) is 0 Å². The molecule has 2 rings (SSSR count). The third-order valence-electron chi connectivity index (χ3n) is 3.72. The van der Waals surface area contributed by atoms with E-state index in [1.54, 1.807) is 20.8 Å². The Kier molecular flexibility index (Phi) is 8.08. The first-order chi connectivity index (χ1) is 12.2. The molecule has 8 nitrogen and oxygen atoms in total. The van der Waals surface area contributed by atoms with E-state index in [4.69, 9.17) is 13.7 Å². The maximum absolute atomic E-state index is 12.5. The third-order valence-corrected chi connectivity index (χ3v) is 5.66. The van der Waals surface area contributed by atoms with Crippen LogP contribution in [-0.2, 0) is 13.7 Å². The molecule has 0 spiro atoms. The summed E-state index contributed by atoms with van der Waals surface area (Å²) >= 11 is 4.31. The van der Waals surface area contributed by atoms with Crippen molar-refractivity contribution in [2.24, 2.45) is 4.99 Å². The molecular formula is C15H25BrN2O6S2. The lowest BCUT2D eigenvalue weighted by atomic mass is 9.99. The number of aliphatic hydroxyl groups excluding tert-OH is 2. The van der Waals surface area contributed by atoms with Gasteiger partial charge in [0.25, 0.3) is 0 Å². The van der Waals surface area contributed by atoms with Gasteiger partial charge in [-0.1, -0.05) is 18.7 Å². The lowest BCUT2D eigenvalue weighted by Gasteiger charge is -2.37. The Labute approximate surface area is 169 Å². The second-order valence-electron chi connectivity index (χ2n) is 7.02. The maximum Gasteiger partial charge on any atom is 0.416 e. The quantitative estimate of drug-likeness (QED) is 0.588. The summed E-state index contributed by atoms with van der Waals surface area (Å²) in [6.45, 7) is 7.89. The number of rotatable bonds is 5. The molecule has 1 saturated heterocycles. The summed E-state index contributed by atoms with van der Waals surface area (Å²) < 4.78 is 16.4. The van der Waals surface area contributed by atoms with Gasteiger partial charge in [0.15, 0.2) is 5.17 Å². The number of aliphatic imine (C=N–C) groups is 1. The van der Waals surface area contributed by atoms with Gasteiger partial charge in [-0.25, -0.2) is 4.79 Å². The van der Waals surface area contributed by atoms with Crippen molar-refractivity contribution < 1.29 is 28.7 Å². The molecule has 0 aromatic carbocycles. The molecule has 26 heavy (non-hydrogen) atoms. The van der Waals surface area contributed by atoms with Gasteiger partial charge in [-0.15, -0.1) is 0 Å². The summed E-state index contributed by atoms with van der Waals surface area (Å²) in [6.07, 6.45) is -2.68. The SMILES string of the molecule is CCCN(C(=O)OC(C)(C)C)C1=N[C@@H]2[C@@H](O)[C@H](O)[C@@H](COSBr)O[C@@H]2S1. The van der Waals surface area contributed by atoms with Crippen molar-refractivity contribution in [3.63, 3.8) is 0 Å². The number of ether oxygens (including phenoxy) is 2. The predicted molar refractivity (Wildman–Crippen MR) is 105 cm³/mol. The summed E-state index contributed by atoms with van der Waals surface area (Å²) in [5.41, 5.74) is -1.12. The number of amides is 1. The highest BCUT2D eigenvalue weighted by Gasteiger charge is 2.49. The first kappa shape index (κ1) is 22.3. The van der Waals surface area contributed by atoms with Crippen LogP contribution in [0.25, 0.3) is 0 Å². The number of nitrogens with zero attached hydrogens (tertiary/aromatic N) is 2. The van der Waals surface area contributed by atoms with Crippen LogP contribution >= 0.6 is 37.1 Å². The van der Waals surface area contributed by atoms with Crippen LogP contribution in [0.1, 0.15) is 34.1 Å². The number of carbonyl (C=O) groups excluding carboxylic acids is 1. The van der Waals surface area contributed by atoms with Gasteiger partial charge in [-0.05, 0) is 27.2 Å². The van der Waals surface area contributed by atoms with Gasteiger partial charge in [0.1, 0.15) is 35.4 Å². The fourth-order valence-electron chi connectivity index (χ4n) is 2.58. The van der Waals surface area contributed by atoms with Crippen LogP contribution in [0.3, 0.4) is 0 Å². The Morgan fingerprint density at radius 2 is 2.12 bits per heavy atom. The van der Waals surface area contributed by atoms with Crippen LogP contribution in [0, 0.1) is 0 Å². The molecular weight excluding hydrogens is 448 g/mol. The minimum absolute atomic E-state index is 0.109. The fourth-order valence-corrected chi connectivity index (χ4v) is 4.33. The standard InChI is InChI=1S/C15H25BrN2O6S2/c1-5-6-18(14(21)24-15(2,3)4)13-17-9-11(20)10(19)8(7-22-26-16)23-12(9)25-13/h8-12,19-20H,5-7H2,1-4H3/t8-,9-,10-,11-,12-/m1/s1. The molecule has 5 atom stereocenters. The fraction of sp³-hybridized carbons (Fsp3) is 0.867. The van der Waals surface area contributed by atoms with Gasteiger partial charge in [0.05, 0.1) is 17.1 Å². The largest absolute Gasteiger partial charge is 0.443 e. The van der Waals surface area contributed by atoms with Gasteiger partial charge >= 0.3 is 6.09 Å². The molecule has 2 aliphatic heterocycles. The van der Waals surface area contributed by atoms with E-state index in [0.29, 0.717) is 11.7 Å². The maximum atomic E-state index is 12.5. The molecule has 0 unspecified atom stereocenters. The first-order valence-corrected chi connectivity index (χ1v) is 11.8. The molecule has 1 fully saturated rings. The van der Waals surface area contributed by atoms with Crippen LogP contribution in [0.4, 0.5) is 4.79 Å². The van der Waals surface area contributed by atoms with E-state index in [2.05, 4.69) is 19.8 Å². The van der Waals surface area contributed by atoms with Crippen LogP contribution in [0.15, 0.2) is 4.99 Å². The van der Waals surface area contributed by atoms with Crippen LogP contribution < -0.4 is 0 Å². The minimum atomic E-state index is -1.12. The number of amidine groups is 1. The number of carbonyl (C=O) groups is 1. The van der Waals surface area contributed by atoms with Crippen molar-refractivity contribution in [3.05, 3.63) is 0 Å². The van der Waals surface area contributed by atoms with E-state index in [1.165, 1.54) is 16.7 Å². The van der Waals surface area contributed by atoms with Crippen LogP contribution in [-0.4, -0.2) is 74.9 Å². The summed E-state index contributed by atoms with van der Waals surface area (Å²) in [5.74, 6) is 0. The average Bonchev–Trinajstić information content (AvgIpc) is 2.96. The monoisotopic (exact) mass is 472 g/mol. The average molecular weight is 473 g/mol. The smallest absolute Gasteiger partial charge is 0.416 e. The molecule has 1 amide bonds. The molecule has 0 bridgehead atoms. The Hall–Kier alpha value is -0.0400. The van der Waals surface area contributed by atoms with Gasteiger partial charge in [0.2, 0.25) is 0 Å². The van der Waals surface area contributed by atoms with Crippen molar-refractivity contribution >= 4 is 48.3 Å². The van der Waals surface area contributed by atoms with Gasteiger partial charge in [0, 0.05) is 21.4 Å². The van der Waals surface area contributed by atoms with Crippen molar-refractivity contribution in [2.75, 3.05) is 13.2 Å². The van der Waals surface area contributed by atoms with Crippen molar-refractivity contribution in [3.8, 4) is 0 Å². The van der Waals surface area contributed by atoms with Gasteiger partial charge in [-0.2, -0.15) is 0 Å². The number of hydrogen-bond acceptors (Lipinski definition) is 9. The summed E-state index contributed by atoms with van der Waals surface area (Å²) in [7, 11) is 0.980. The second-order valence-corrected chi connectivity index (χ2v) is 9.24. The molecule has 2 heterocycles. The van der Waals surface area contributed by atoms with Crippen molar-refractivity contribution in [1.29, 1.82) is 0 Å². The van der Waals surface area contributed by atoms with Crippen molar-refractivity contribution in [2.45, 2.75) is 69.5 Å². The molecule has 2 aliphatic rings. The summed E-state index contributed by atoms with van der Waals surface area (Å²) in [5, 5.41) is 21.1. The number of fused-ring (bicyclic) bond motifs is 1. The molecule has 0 radical (unpaired) electrons. The first-order valence-electron chi connectivity index (χ1n) is 8.34. The Morgan fingerprint density at radius 1 is 1.42 bits per heavy atom. The van der Waals surface area contributed by atoms with E-state index < -0.39 is 41.5 Å². The molecule has 0 saturated carbocycles. The zero-order chi connectivity index (χ0) is 19.5. The summed E-state index contributed by atoms with van der Waals surface area (Å²) in [4.78, 5) is 18.4. The number of hydrogen-bond donors (Lipinski definition) is 2. The van der Waals surface area contributed by atoms with E-state index in [9.17, 15) is 15.0 Å². The number of halogens is 1. The highest BCUT2D eigenvalue weighted by atomic mass is 79.9. The Morgan fingerprint density at radius 3 is 2.69 bits per heavy atom. The molecule has 2 N–H and O–H groups in total. The highest BCUT2D eigenvalue weighted by Crippen LogP contribution is 2.38.